The molecule has 3 amide bonds. The summed E-state index contributed by atoms with van der Waals surface area (Å²) in [6.45, 7) is 2.81. The van der Waals surface area contributed by atoms with Gasteiger partial charge in [0.1, 0.15) is 30.3 Å². The van der Waals surface area contributed by atoms with Crippen molar-refractivity contribution in [2.24, 2.45) is 5.92 Å². The van der Waals surface area contributed by atoms with Gasteiger partial charge >= 0.3 is 0 Å². The van der Waals surface area contributed by atoms with E-state index in [4.69, 9.17) is 9.47 Å². The fourth-order valence-electron chi connectivity index (χ4n) is 5.46. The van der Waals surface area contributed by atoms with E-state index in [-0.39, 0.29) is 43.4 Å². The number of ether oxygens (including phenoxy) is 2. The van der Waals surface area contributed by atoms with Gasteiger partial charge in [0, 0.05) is 23.5 Å². The predicted octanol–water partition coefficient (Wildman–Crippen LogP) is 4.58. The quantitative estimate of drug-likeness (QED) is 0.383. The standard InChI is InChI=1S/C29H34N2O5/c1-2-3-4-5-6-8-19-11-13-25-20(15-19)16-21(36-25)18-35-26-10-7-9-22-23(26)17-31(29(22)34)24-12-14-27(32)30-28(24)33/h7,9-11,13,15-16,20,24-25H,2-6,8,12,14,17-18H2,1H3,(H,30,32,33). The summed E-state index contributed by atoms with van der Waals surface area (Å²) in [6, 6.07) is 4.76. The zero-order valence-electron chi connectivity index (χ0n) is 20.8. The van der Waals surface area contributed by atoms with Gasteiger partial charge in [0.05, 0.1) is 6.54 Å². The summed E-state index contributed by atoms with van der Waals surface area (Å²) in [5, 5.41) is 2.34. The topological polar surface area (TPSA) is 84.9 Å². The number of nitrogens with one attached hydrogen (secondary N) is 1. The van der Waals surface area contributed by atoms with Gasteiger partial charge in [-0.25, -0.2) is 0 Å². The zero-order valence-corrected chi connectivity index (χ0v) is 20.8. The van der Waals surface area contributed by atoms with Crippen LogP contribution in [0.25, 0.3) is 0 Å². The minimum absolute atomic E-state index is 0.0125. The van der Waals surface area contributed by atoms with Crippen molar-refractivity contribution in [2.45, 2.75) is 77.0 Å². The molecular weight excluding hydrogens is 456 g/mol. The summed E-state index contributed by atoms with van der Waals surface area (Å²) in [7, 11) is 0. The molecule has 1 aliphatic carbocycles. The number of carbonyl (C=O) groups excluding carboxylic acids is 3. The minimum atomic E-state index is -0.640. The van der Waals surface area contributed by atoms with Crippen LogP contribution in [0, 0.1) is 5.92 Å². The summed E-state index contributed by atoms with van der Waals surface area (Å²) in [4.78, 5) is 38.4. The van der Waals surface area contributed by atoms with Crippen molar-refractivity contribution in [3.05, 3.63) is 65.0 Å². The van der Waals surface area contributed by atoms with Gasteiger partial charge in [0.2, 0.25) is 11.8 Å². The number of hydrogen-bond donors (Lipinski definition) is 1. The van der Waals surface area contributed by atoms with Gasteiger partial charge in [0.25, 0.3) is 5.91 Å². The van der Waals surface area contributed by atoms with Gasteiger partial charge in [-0.1, -0.05) is 56.4 Å². The lowest BCUT2D eigenvalue weighted by molar-refractivity contribution is -0.136. The highest BCUT2D eigenvalue weighted by molar-refractivity contribution is 6.05. The predicted molar refractivity (Wildman–Crippen MR) is 135 cm³/mol. The molecule has 4 aliphatic rings. The lowest BCUT2D eigenvalue weighted by Gasteiger charge is -2.29. The molecule has 5 rings (SSSR count). The third-order valence-electron chi connectivity index (χ3n) is 7.43. The molecule has 1 fully saturated rings. The summed E-state index contributed by atoms with van der Waals surface area (Å²) in [6.07, 6.45) is 16.9. The Bertz CT molecular complexity index is 1130. The van der Waals surface area contributed by atoms with E-state index in [9.17, 15) is 14.4 Å². The maximum Gasteiger partial charge on any atom is 0.255 e. The lowest BCUT2D eigenvalue weighted by Crippen LogP contribution is -2.52. The molecule has 0 spiro atoms. The molecule has 190 valence electrons. The molecule has 0 bridgehead atoms. The molecule has 7 heteroatoms. The highest BCUT2D eigenvalue weighted by Crippen LogP contribution is 2.35. The van der Waals surface area contributed by atoms with Crippen LogP contribution in [0.5, 0.6) is 5.75 Å². The second kappa shape index (κ2) is 10.7. The van der Waals surface area contributed by atoms with Crippen LogP contribution in [0.1, 0.15) is 74.2 Å². The van der Waals surface area contributed by atoms with E-state index in [0.29, 0.717) is 17.7 Å². The number of nitrogens with zero attached hydrogens (tertiary/aromatic N) is 1. The summed E-state index contributed by atoms with van der Waals surface area (Å²) in [5.41, 5.74) is 2.69. The maximum atomic E-state index is 13.0. The average molecular weight is 491 g/mol. The van der Waals surface area contributed by atoms with Gasteiger partial charge in [-0.3, -0.25) is 19.7 Å². The maximum absolute atomic E-state index is 13.0. The third-order valence-corrected chi connectivity index (χ3v) is 7.43. The molecule has 3 aliphatic heterocycles. The second-order valence-electron chi connectivity index (χ2n) is 10.0. The van der Waals surface area contributed by atoms with Gasteiger partial charge < -0.3 is 14.4 Å². The molecule has 7 nitrogen and oxygen atoms in total. The van der Waals surface area contributed by atoms with Crippen LogP contribution < -0.4 is 10.1 Å². The van der Waals surface area contributed by atoms with Crippen molar-refractivity contribution >= 4 is 17.7 Å². The molecule has 3 heterocycles. The first kappa shape index (κ1) is 24.3. The Morgan fingerprint density at radius 3 is 2.81 bits per heavy atom. The third kappa shape index (κ3) is 5.11. The molecule has 1 aromatic rings. The lowest BCUT2D eigenvalue weighted by atomic mass is 9.92. The number of fused-ring (bicyclic) bond motifs is 2. The van der Waals surface area contributed by atoms with Crippen molar-refractivity contribution in [3.8, 4) is 5.75 Å². The highest BCUT2D eigenvalue weighted by Gasteiger charge is 2.40. The van der Waals surface area contributed by atoms with Crippen LogP contribution in [0.2, 0.25) is 0 Å². The Kier molecular flexibility index (Phi) is 7.25. The molecule has 1 aromatic carbocycles. The smallest absolute Gasteiger partial charge is 0.255 e. The first-order valence-corrected chi connectivity index (χ1v) is 13.2. The van der Waals surface area contributed by atoms with Gasteiger partial charge in [0.15, 0.2) is 0 Å². The average Bonchev–Trinajstić information content (AvgIpc) is 3.43. The van der Waals surface area contributed by atoms with Crippen molar-refractivity contribution in [2.75, 3.05) is 6.61 Å². The number of allylic oxidation sites excluding steroid dienone is 2. The number of hydrogen-bond acceptors (Lipinski definition) is 5. The van der Waals surface area contributed by atoms with Crippen molar-refractivity contribution in [3.63, 3.8) is 0 Å². The van der Waals surface area contributed by atoms with Crippen LogP contribution in [0.3, 0.4) is 0 Å². The molecular formula is C29H34N2O5. The number of imide groups is 1. The van der Waals surface area contributed by atoms with Gasteiger partial charge in [-0.2, -0.15) is 0 Å². The van der Waals surface area contributed by atoms with Crippen LogP contribution in [0.4, 0.5) is 0 Å². The Hall–Kier alpha value is -3.35. The summed E-state index contributed by atoms with van der Waals surface area (Å²) in [5.74, 6) is 0.727. The van der Waals surface area contributed by atoms with E-state index in [1.807, 2.05) is 6.07 Å². The zero-order chi connectivity index (χ0) is 25.1. The van der Waals surface area contributed by atoms with E-state index in [0.717, 1.165) is 17.7 Å². The minimum Gasteiger partial charge on any atom is -0.486 e. The van der Waals surface area contributed by atoms with E-state index in [2.05, 4.69) is 36.5 Å². The van der Waals surface area contributed by atoms with Crippen LogP contribution >= 0.6 is 0 Å². The SMILES string of the molecule is CCCCCCCC1=CC2C=C(COc3cccc4c3CN(C3CCC(=O)NC3=O)C4=O)OC2C=C1. The highest BCUT2D eigenvalue weighted by atomic mass is 16.5. The van der Waals surface area contributed by atoms with Crippen molar-refractivity contribution < 1.29 is 23.9 Å². The van der Waals surface area contributed by atoms with E-state index in [1.54, 1.807) is 17.0 Å². The van der Waals surface area contributed by atoms with Crippen LogP contribution in [-0.2, 0) is 20.9 Å². The molecule has 3 unspecified atom stereocenters. The Morgan fingerprint density at radius 1 is 1.11 bits per heavy atom. The molecule has 1 saturated heterocycles. The number of benzene rings is 1. The molecule has 0 radical (unpaired) electrons. The van der Waals surface area contributed by atoms with Crippen molar-refractivity contribution in [1.29, 1.82) is 0 Å². The number of unbranched alkanes of at least 4 members (excludes halogenated alkanes) is 4. The van der Waals surface area contributed by atoms with Gasteiger partial charge in [-0.05, 0) is 43.5 Å². The first-order valence-electron chi connectivity index (χ1n) is 13.2. The Labute approximate surface area is 212 Å². The second-order valence-corrected chi connectivity index (χ2v) is 10.0. The fraction of sp³-hybridized carbons (Fsp3) is 0.483. The van der Waals surface area contributed by atoms with Gasteiger partial charge in [-0.15, -0.1) is 0 Å². The molecule has 0 saturated carbocycles. The van der Waals surface area contributed by atoms with Crippen molar-refractivity contribution in [1.82, 2.24) is 10.2 Å². The number of amides is 3. The van der Waals surface area contributed by atoms with Crippen LogP contribution in [0.15, 0.2) is 53.8 Å². The number of carbonyl (C=O) groups is 3. The molecule has 1 N–H and O–H groups in total. The summed E-state index contributed by atoms with van der Waals surface area (Å²) >= 11 is 0. The number of piperidine rings is 1. The molecule has 0 aromatic heterocycles. The fourth-order valence-corrected chi connectivity index (χ4v) is 5.46. The Balaban J connectivity index is 1.19. The molecule has 36 heavy (non-hydrogen) atoms. The van der Waals surface area contributed by atoms with E-state index in [1.165, 1.54) is 37.7 Å². The van der Waals surface area contributed by atoms with E-state index >= 15 is 0 Å². The molecule has 3 atom stereocenters. The normalized spacial score (nSPS) is 24.6. The largest absolute Gasteiger partial charge is 0.486 e. The number of rotatable bonds is 10. The van der Waals surface area contributed by atoms with E-state index < -0.39 is 11.9 Å². The van der Waals surface area contributed by atoms with Crippen LogP contribution in [-0.4, -0.2) is 41.4 Å². The summed E-state index contributed by atoms with van der Waals surface area (Å²) < 4.78 is 12.2. The first-order chi connectivity index (χ1) is 17.5. The monoisotopic (exact) mass is 490 g/mol. The Morgan fingerprint density at radius 2 is 1.97 bits per heavy atom.